The van der Waals surface area contributed by atoms with E-state index in [4.69, 9.17) is 9.16 Å². The number of hydrogen-bond acceptors (Lipinski definition) is 5. The summed E-state index contributed by atoms with van der Waals surface area (Å²) in [6.07, 6.45) is 3.94. The molecule has 0 aliphatic carbocycles. The Morgan fingerprint density at radius 2 is 1.44 bits per heavy atom. The van der Waals surface area contributed by atoms with Gasteiger partial charge in [-0.1, -0.05) is 75.4 Å². The highest BCUT2D eigenvalue weighted by molar-refractivity contribution is 6.48. The van der Waals surface area contributed by atoms with Gasteiger partial charge in [0.15, 0.2) is 14.6 Å². The molecule has 1 aromatic heterocycles. The highest BCUT2D eigenvalue weighted by atomic mass is 28.3. The lowest BCUT2D eigenvalue weighted by molar-refractivity contribution is -0.158. The van der Waals surface area contributed by atoms with Crippen molar-refractivity contribution < 1.29 is 23.9 Å². The molecule has 1 heterocycles. The molecular weight excluding hydrogens is 556 g/mol. The van der Waals surface area contributed by atoms with Crippen LogP contribution in [0.3, 0.4) is 0 Å². The van der Waals surface area contributed by atoms with Crippen molar-refractivity contribution in [2.75, 3.05) is 0 Å². The van der Waals surface area contributed by atoms with Gasteiger partial charge in [-0.15, -0.1) is 0 Å². The lowest BCUT2D eigenvalue weighted by atomic mass is 9.68. The monoisotopic (exact) mass is 604 g/mol. The number of carboxylic acid groups (broad SMARTS) is 1. The molecule has 0 spiro atoms. The Kier molecular flexibility index (Phi) is 11.3. The quantitative estimate of drug-likeness (QED) is 0.211. The number of ether oxygens (including phenoxy) is 1. The minimum absolute atomic E-state index is 0.210. The largest absolute Gasteiger partial charge is 0.479 e. The van der Waals surface area contributed by atoms with Crippen LogP contribution in [0.15, 0.2) is 79.1 Å². The van der Waals surface area contributed by atoms with Crippen LogP contribution >= 0.6 is 0 Å². The average molecular weight is 605 g/mol. The van der Waals surface area contributed by atoms with Crippen molar-refractivity contribution in [3.8, 4) is 11.1 Å². The molecule has 0 saturated carbocycles. The predicted molar refractivity (Wildman–Crippen MR) is 175 cm³/mol. The van der Waals surface area contributed by atoms with Gasteiger partial charge in [-0.2, -0.15) is 0 Å². The maximum atomic E-state index is 13.3. The molecule has 1 unspecified atom stereocenters. The topological polar surface area (TPSA) is 97.8 Å². The maximum absolute atomic E-state index is 13.3. The van der Waals surface area contributed by atoms with Crippen LogP contribution in [0.4, 0.5) is 4.79 Å². The summed E-state index contributed by atoms with van der Waals surface area (Å²) < 4.78 is 12.2. The van der Waals surface area contributed by atoms with Crippen LogP contribution in [0, 0.1) is 11.3 Å². The van der Waals surface area contributed by atoms with Gasteiger partial charge in [0.05, 0.1) is 0 Å². The van der Waals surface area contributed by atoms with E-state index >= 15 is 0 Å². The third kappa shape index (κ3) is 10.3. The Morgan fingerprint density at radius 3 is 1.95 bits per heavy atom. The molecule has 3 atom stereocenters. The van der Waals surface area contributed by atoms with Crippen LogP contribution < -0.4 is 5.32 Å². The zero-order chi connectivity index (χ0) is 31.8. The van der Waals surface area contributed by atoms with Crippen molar-refractivity contribution in [2.24, 2.45) is 11.3 Å². The maximum Gasteiger partial charge on any atom is 0.407 e. The smallest absolute Gasteiger partial charge is 0.407 e. The third-order valence-corrected chi connectivity index (χ3v) is 8.38. The Morgan fingerprint density at radius 1 is 0.860 bits per heavy atom. The number of nitrogens with zero attached hydrogens (tertiary/aromatic N) is 1. The number of benzene rings is 2. The fourth-order valence-electron chi connectivity index (χ4n) is 5.54. The first-order valence-electron chi connectivity index (χ1n) is 15.0. The van der Waals surface area contributed by atoms with Crippen molar-refractivity contribution >= 4 is 21.1 Å². The first kappa shape index (κ1) is 34.0. The van der Waals surface area contributed by atoms with Crippen molar-refractivity contribution in [3.63, 3.8) is 0 Å². The van der Waals surface area contributed by atoms with E-state index in [-0.39, 0.29) is 24.2 Å². The third-order valence-electron chi connectivity index (χ3n) is 7.46. The van der Waals surface area contributed by atoms with E-state index in [2.05, 4.69) is 31.1 Å². The highest BCUT2D eigenvalue weighted by Crippen LogP contribution is 2.40. The zero-order valence-electron chi connectivity index (χ0n) is 26.9. The summed E-state index contributed by atoms with van der Waals surface area (Å²) in [7, 11) is -1.82. The van der Waals surface area contributed by atoms with Crippen molar-refractivity contribution in [3.05, 3.63) is 90.3 Å². The number of carbonyl (C=O) groups is 2. The van der Waals surface area contributed by atoms with Crippen molar-refractivity contribution in [1.82, 2.24) is 10.3 Å². The van der Waals surface area contributed by atoms with Crippen LogP contribution in [0.5, 0.6) is 0 Å². The van der Waals surface area contributed by atoms with Gasteiger partial charge in [-0.3, -0.25) is 4.98 Å². The number of carboxylic acids is 1. The van der Waals surface area contributed by atoms with Gasteiger partial charge in [0.1, 0.15) is 5.60 Å². The number of aromatic nitrogens is 1. The molecular formula is C35H48N2O5Si. The molecule has 0 aliphatic rings. The number of aliphatic carboxylic acids is 1. The highest BCUT2D eigenvalue weighted by Gasteiger charge is 2.47. The normalized spacial score (nSPS) is 14.9. The molecule has 43 heavy (non-hydrogen) atoms. The van der Waals surface area contributed by atoms with Gasteiger partial charge in [-0.05, 0) is 92.4 Å². The van der Waals surface area contributed by atoms with E-state index in [1.54, 1.807) is 12.4 Å². The van der Waals surface area contributed by atoms with Crippen LogP contribution in [0.2, 0.25) is 13.1 Å². The molecule has 2 N–H and O–H groups in total. The molecule has 0 fully saturated rings. The summed E-state index contributed by atoms with van der Waals surface area (Å²) in [5.74, 6) is -1.25. The van der Waals surface area contributed by atoms with E-state index in [0.717, 1.165) is 22.3 Å². The first-order valence-corrected chi connectivity index (χ1v) is 17.8. The van der Waals surface area contributed by atoms with Crippen molar-refractivity contribution in [2.45, 2.75) is 91.1 Å². The van der Waals surface area contributed by atoms with Gasteiger partial charge < -0.3 is 19.6 Å². The van der Waals surface area contributed by atoms with Gasteiger partial charge in [0.2, 0.25) is 0 Å². The lowest BCUT2D eigenvalue weighted by Crippen LogP contribution is -2.54. The van der Waals surface area contributed by atoms with Crippen LogP contribution in [0.25, 0.3) is 11.1 Å². The second kappa shape index (κ2) is 14.3. The number of hydrogen-bond donors (Lipinski definition) is 2. The molecule has 232 valence electrons. The fourth-order valence-corrected chi connectivity index (χ4v) is 6.73. The van der Waals surface area contributed by atoms with Gasteiger partial charge in [-0.25, -0.2) is 9.59 Å². The Hall–Kier alpha value is -3.49. The van der Waals surface area contributed by atoms with Crippen molar-refractivity contribution in [1.29, 1.82) is 0 Å². The molecule has 8 heteroatoms. The summed E-state index contributed by atoms with van der Waals surface area (Å²) in [4.78, 5) is 30.5. The van der Waals surface area contributed by atoms with E-state index in [9.17, 15) is 14.7 Å². The number of nitrogens with one attached hydrogen (secondary N) is 1. The van der Waals surface area contributed by atoms with E-state index in [1.165, 1.54) is 0 Å². The minimum atomic E-state index is -1.82. The predicted octanol–water partition coefficient (Wildman–Crippen LogP) is 7.30. The molecule has 0 radical (unpaired) electrons. The summed E-state index contributed by atoms with van der Waals surface area (Å²) in [6.45, 7) is 15.8. The van der Waals surface area contributed by atoms with Gasteiger partial charge >= 0.3 is 12.1 Å². The standard InChI is InChI=1S/C35H48N2O5Si/c1-33(2,3)29(30(22-25-12-10-9-11-13-25)37-32(40)41-34(4,5)6)24-35(31(38)39,42-43(7)8)23-26-14-16-27(17-15-26)28-18-20-36-21-19-28/h9-21,29-30,43H,22-24H2,1-8H3,(H,37,40)(H,38,39)/t29-,30+,35?/m1/s1. The molecule has 0 bridgehead atoms. The number of amides is 1. The molecule has 3 rings (SSSR count). The van der Waals surface area contributed by atoms with E-state index < -0.39 is 38.3 Å². The summed E-state index contributed by atoms with van der Waals surface area (Å²) in [6, 6.07) is 21.4. The summed E-state index contributed by atoms with van der Waals surface area (Å²) in [5, 5.41) is 14.0. The second-order valence-electron chi connectivity index (χ2n) is 13.7. The number of carbonyl (C=O) groups excluding carboxylic acids is 1. The van der Waals surface area contributed by atoms with E-state index in [0.29, 0.717) is 6.42 Å². The second-order valence-corrected chi connectivity index (χ2v) is 16.0. The molecule has 7 nitrogen and oxygen atoms in total. The van der Waals surface area contributed by atoms with Crippen LogP contribution in [-0.4, -0.2) is 48.4 Å². The molecule has 2 aromatic carbocycles. The SMILES string of the molecule is C[SiH](C)OC(Cc1ccc(-c2ccncc2)cc1)(C[C@H]([C@H](Cc1ccccc1)NC(=O)OC(C)(C)C)C(C)(C)C)C(=O)O. The molecule has 0 aliphatic heterocycles. The molecule has 0 saturated heterocycles. The first-order chi connectivity index (χ1) is 20.1. The van der Waals surface area contributed by atoms with E-state index in [1.807, 2.05) is 101 Å². The van der Waals surface area contributed by atoms with Gasteiger partial charge in [0.25, 0.3) is 0 Å². The van der Waals surface area contributed by atoms with Crippen LogP contribution in [-0.2, 0) is 26.8 Å². The zero-order valence-corrected chi connectivity index (χ0v) is 28.0. The number of alkyl carbamates (subject to hydrolysis) is 1. The fraction of sp³-hybridized carbons (Fsp3) is 0.457. The number of pyridine rings is 1. The Balaban J connectivity index is 2.03. The van der Waals surface area contributed by atoms with Gasteiger partial charge in [0, 0.05) is 24.9 Å². The summed E-state index contributed by atoms with van der Waals surface area (Å²) in [5.41, 5.74) is 1.48. The summed E-state index contributed by atoms with van der Waals surface area (Å²) >= 11 is 0. The minimum Gasteiger partial charge on any atom is -0.479 e. The average Bonchev–Trinajstić information content (AvgIpc) is 2.90. The lowest BCUT2D eigenvalue weighted by Gasteiger charge is -2.43. The van der Waals surface area contributed by atoms with Crippen LogP contribution in [0.1, 0.15) is 59.1 Å². The Labute approximate surface area is 258 Å². The molecule has 3 aromatic rings. The Bertz CT molecular complexity index is 1320. The molecule has 1 amide bonds. The number of rotatable bonds is 12.